The molecule has 1 N–H and O–H groups in total. The molecule has 2 aromatic rings. The van der Waals surface area contributed by atoms with Gasteiger partial charge in [0.2, 0.25) is 5.91 Å². The molecule has 0 unspecified atom stereocenters. The molecule has 1 fully saturated rings. The Balaban J connectivity index is 1.79. The van der Waals surface area contributed by atoms with Crippen LogP contribution in [0.2, 0.25) is 5.02 Å². The van der Waals surface area contributed by atoms with Gasteiger partial charge in [-0.15, -0.1) is 0 Å². The number of hydrogen-bond donors (Lipinski definition) is 1. The third-order valence-electron chi connectivity index (χ3n) is 4.83. The van der Waals surface area contributed by atoms with Crippen LogP contribution >= 0.6 is 11.6 Å². The Morgan fingerprint density at radius 2 is 1.81 bits per heavy atom. The Morgan fingerprint density at radius 3 is 2.41 bits per heavy atom. The zero-order chi connectivity index (χ0) is 19.8. The predicted octanol–water partition coefficient (Wildman–Crippen LogP) is 4.08. The van der Waals surface area contributed by atoms with Gasteiger partial charge < -0.3 is 5.11 Å². The van der Waals surface area contributed by atoms with Gasteiger partial charge in [-0.05, 0) is 35.2 Å². The molecule has 1 saturated heterocycles. The second-order valence-corrected chi connectivity index (χ2v) is 8.52. The van der Waals surface area contributed by atoms with E-state index in [0.29, 0.717) is 11.4 Å². The molecule has 2 aromatic carbocycles. The van der Waals surface area contributed by atoms with Gasteiger partial charge in [0.1, 0.15) is 6.10 Å². The number of halogens is 1. The van der Waals surface area contributed by atoms with Crippen LogP contribution in [0.5, 0.6) is 0 Å². The molecule has 1 aliphatic heterocycles. The fraction of sp³-hybridized carbons (Fsp3) is 0.364. The summed E-state index contributed by atoms with van der Waals surface area (Å²) in [6.45, 7) is 5.35. The van der Waals surface area contributed by atoms with Crippen LogP contribution in [-0.4, -0.2) is 34.0 Å². The van der Waals surface area contributed by atoms with Gasteiger partial charge in [0, 0.05) is 22.9 Å². The number of amides is 2. The first-order valence-electron chi connectivity index (χ1n) is 9.07. The number of imide groups is 1. The van der Waals surface area contributed by atoms with Crippen molar-refractivity contribution in [3.63, 3.8) is 0 Å². The Bertz CT molecular complexity index is 855. The molecule has 3 rings (SSSR count). The molecule has 2 atom stereocenters. The van der Waals surface area contributed by atoms with E-state index in [2.05, 4.69) is 0 Å². The van der Waals surface area contributed by atoms with E-state index < -0.39 is 17.4 Å². The van der Waals surface area contributed by atoms with E-state index in [-0.39, 0.29) is 18.4 Å². The van der Waals surface area contributed by atoms with Crippen molar-refractivity contribution in [1.82, 2.24) is 4.90 Å². The van der Waals surface area contributed by atoms with E-state index in [0.717, 1.165) is 16.7 Å². The number of rotatable bonds is 3. The van der Waals surface area contributed by atoms with Crippen molar-refractivity contribution in [2.45, 2.75) is 45.8 Å². The molecule has 1 aliphatic rings. The number of aliphatic hydroxyl groups is 1. The summed E-state index contributed by atoms with van der Waals surface area (Å²) < 4.78 is 0. The topological polar surface area (TPSA) is 57.6 Å². The number of benzene rings is 2. The lowest BCUT2D eigenvalue weighted by Crippen LogP contribution is -2.46. The van der Waals surface area contributed by atoms with E-state index in [4.69, 9.17) is 11.6 Å². The first-order valence-corrected chi connectivity index (χ1v) is 9.45. The monoisotopic (exact) mass is 385 g/mol. The summed E-state index contributed by atoms with van der Waals surface area (Å²) in [5.41, 5.74) is 2.42. The molecule has 142 valence electrons. The molecule has 0 aromatic heterocycles. The Kier molecular flexibility index (Phi) is 5.41. The minimum Gasteiger partial charge on any atom is -0.383 e. The van der Waals surface area contributed by atoms with Gasteiger partial charge in [-0.25, -0.2) is 0 Å². The molecule has 0 aliphatic carbocycles. The molecule has 2 amide bonds. The van der Waals surface area contributed by atoms with Gasteiger partial charge in [-0.3, -0.25) is 14.5 Å². The molecule has 5 heteroatoms. The third kappa shape index (κ3) is 4.23. The molecule has 0 spiro atoms. The van der Waals surface area contributed by atoms with Crippen LogP contribution in [-0.2, 0) is 16.0 Å². The number of hydrogen-bond acceptors (Lipinski definition) is 3. The van der Waals surface area contributed by atoms with Crippen molar-refractivity contribution in [2.75, 3.05) is 0 Å². The predicted molar refractivity (Wildman–Crippen MR) is 106 cm³/mol. The summed E-state index contributed by atoms with van der Waals surface area (Å²) in [5, 5.41) is 10.7. The Hall–Kier alpha value is -2.17. The average molecular weight is 386 g/mol. The summed E-state index contributed by atoms with van der Waals surface area (Å²) in [6, 6.07) is 15.3. The van der Waals surface area contributed by atoms with Crippen LogP contribution in [0, 0.1) is 5.41 Å². The van der Waals surface area contributed by atoms with Gasteiger partial charge >= 0.3 is 0 Å². The average Bonchev–Trinajstić information content (AvgIpc) is 2.88. The van der Waals surface area contributed by atoms with Gasteiger partial charge in [0.05, 0.1) is 0 Å². The summed E-state index contributed by atoms with van der Waals surface area (Å²) in [6.07, 6.45) is -0.302. The fourth-order valence-electron chi connectivity index (χ4n) is 3.38. The second-order valence-electron chi connectivity index (χ2n) is 8.08. The number of nitrogens with zero attached hydrogens (tertiary/aromatic N) is 1. The Labute approximate surface area is 164 Å². The fourth-order valence-corrected chi connectivity index (χ4v) is 3.57. The number of aliphatic hydroxyl groups excluding tert-OH is 1. The molecule has 1 heterocycles. The minimum absolute atomic E-state index is 0.246. The number of likely N-dealkylation sites (tertiary alicyclic amines) is 1. The van der Waals surface area contributed by atoms with E-state index in [1.807, 2.05) is 48.5 Å². The summed E-state index contributed by atoms with van der Waals surface area (Å²) in [5.74, 6) is -0.736. The number of carbonyl (C=O) groups excluding carboxylic acids is 2. The minimum atomic E-state index is -1.10. The molecular weight excluding hydrogens is 362 g/mol. The standard InChI is InChI=1S/C22H24ClNO3/c1-22(2,3)21(27)24-18(13-19(25)20(24)26)11-14-7-9-15(10-8-14)16-5-4-6-17(23)12-16/h4-10,12,18-19,25H,11,13H2,1-3H3/t18-,19-/m1/s1. The second kappa shape index (κ2) is 7.45. The van der Waals surface area contributed by atoms with Crippen LogP contribution in [0.25, 0.3) is 11.1 Å². The first-order chi connectivity index (χ1) is 12.7. The highest BCUT2D eigenvalue weighted by molar-refractivity contribution is 6.30. The van der Waals surface area contributed by atoms with E-state index in [9.17, 15) is 14.7 Å². The summed E-state index contributed by atoms with van der Waals surface area (Å²) in [4.78, 5) is 26.2. The lowest BCUT2D eigenvalue weighted by atomic mass is 9.93. The third-order valence-corrected chi connectivity index (χ3v) is 5.06. The van der Waals surface area contributed by atoms with Crippen molar-refractivity contribution in [3.8, 4) is 11.1 Å². The van der Waals surface area contributed by atoms with E-state index in [1.54, 1.807) is 20.8 Å². The largest absolute Gasteiger partial charge is 0.383 e. The zero-order valence-corrected chi connectivity index (χ0v) is 16.5. The van der Waals surface area contributed by atoms with Crippen molar-refractivity contribution in [2.24, 2.45) is 5.41 Å². The lowest BCUT2D eigenvalue weighted by Gasteiger charge is -2.29. The molecule has 4 nitrogen and oxygen atoms in total. The van der Waals surface area contributed by atoms with Gasteiger partial charge in [-0.1, -0.05) is 68.8 Å². The maximum absolute atomic E-state index is 12.7. The highest BCUT2D eigenvalue weighted by Gasteiger charge is 2.45. The lowest BCUT2D eigenvalue weighted by molar-refractivity contribution is -0.151. The van der Waals surface area contributed by atoms with Crippen LogP contribution in [0.15, 0.2) is 48.5 Å². The van der Waals surface area contributed by atoms with Crippen molar-refractivity contribution < 1.29 is 14.7 Å². The zero-order valence-electron chi connectivity index (χ0n) is 15.8. The van der Waals surface area contributed by atoms with Gasteiger partial charge in [0.25, 0.3) is 5.91 Å². The van der Waals surface area contributed by atoms with Crippen LogP contribution in [0.3, 0.4) is 0 Å². The SMILES string of the molecule is CC(C)(C)C(=O)N1C(=O)[C@H](O)C[C@H]1Cc1ccc(-c2cccc(Cl)c2)cc1. The normalized spacial score (nSPS) is 20.2. The smallest absolute Gasteiger partial charge is 0.258 e. The maximum atomic E-state index is 12.7. The molecule has 0 radical (unpaired) electrons. The van der Waals surface area contributed by atoms with Crippen molar-refractivity contribution in [1.29, 1.82) is 0 Å². The molecular formula is C22H24ClNO3. The van der Waals surface area contributed by atoms with E-state index in [1.165, 1.54) is 4.90 Å². The van der Waals surface area contributed by atoms with Crippen LogP contribution in [0.4, 0.5) is 0 Å². The van der Waals surface area contributed by atoms with Gasteiger partial charge in [-0.2, -0.15) is 0 Å². The molecule has 0 saturated carbocycles. The first kappa shape index (κ1) is 19.6. The summed E-state index contributed by atoms with van der Waals surface area (Å²) in [7, 11) is 0. The van der Waals surface area contributed by atoms with Crippen LogP contribution < -0.4 is 0 Å². The maximum Gasteiger partial charge on any atom is 0.258 e. The number of carbonyl (C=O) groups is 2. The summed E-state index contributed by atoms with van der Waals surface area (Å²) >= 11 is 6.06. The highest BCUT2D eigenvalue weighted by atomic mass is 35.5. The quantitative estimate of drug-likeness (QED) is 0.865. The molecule has 27 heavy (non-hydrogen) atoms. The van der Waals surface area contributed by atoms with Crippen LogP contribution in [0.1, 0.15) is 32.8 Å². The van der Waals surface area contributed by atoms with Crippen molar-refractivity contribution in [3.05, 3.63) is 59.1 Å². The van der Waals surface area contributed by atoms with Gasteiger partial charge in [0.15, 0.2) is 0 Å². The van der Waals surface area contributed by atoms with Crippen molar-refractivity contribution >= 4 is 23.4 Å². The van der Waals surface area contributed by atoms with E-state index >= 15 is 0 Å². The highest BCUT2D eigenvalue weighted by Crippen LogP contribution is 2.29. The molecule has 0 bridgehead atoms. The Morgan fingerprint density at radius 1 is 1.15 bits per heavy atom.